The molecule has 0 radical (unpaired) electrons. The maximum absolute atomic E-state index is 13.8. The Bertz CT molecular complexity index is 941. The number of nitrogens with one attached hydrogen (secondary N) is 4. The number of carbonyl (C=O) groups is 4. The molecule has 1 aromatic carbocycles. The molecule has 4 amide bonds. The Morgan fingerprint density at radius 1 is 0.357 bits per heavy atom. The van der Waals surface area contributed by atoms with Crippen molar-refractivity contribution >= 4 is 23.6 Å². The average molecular weight is 579 g/mol. The van der Waals surface area contributed by atoms with Crippen LogP contribution in [0.1, 0.15) is 170 Å². The van der Waals surface area contributed by atoms with Crippen LogP contribution in [0.15, 0.2) is 12.1 Å². The largest absolute Gasteiger partial charge is 0.349 e. The predicted octanol–water partition coefficient (Wildman–Crippen LogP) is 5.94. The van der Waals surface area contributed by atoms with Gasteiger partial charge in [-0.15, -0.1) is 0 Å². The van der Waals surface area contributed by atoms with Gasteiger partial charge in [0.1, 0.15) is 0 Å². The summed E-state index contributed by atoms with van der Waals surface area (Å²) in [7, 11) is 0. The summed E-state index contributed by atoms with van der Waals surface area (Å²) in [4.78, 5) is 55.1. The zero-order valence-electron chi connectivity index (χ0n) is 25.2. The molecule has 4 saturated carbocycles. The third kappa shape index (κ3) is 8.13. The topological polar surface area (TPSA) is 116 Å². The fourth-order valence-corrected chi connectivity index (χ4v) is 7.39. The van der Waals surface area contributed by atoms with Gasteiger partial charge < -0.3 is 21.3 Å². The predicted molar refractivity (Wildman–Crippen MR) is 164 cm³/mol. The van der Waals surface area contributed by atoms with Gasteiger partial charge in [0.05, 0.1) is 22.3 Å². The summed E-state index contributed by atoms with van der Waals surface area (Å²) in [6.07, 6.45) is 20.4. The van der Waals surface area contributed by atoms with E-state index in [-0.39, 0.29) is 70.0 Å². The Balaban J connectivity index is 1.49. The lowest BCUT2D eigenvalue weighted by atomic mass is 9.91. The summed E-state index contributed by atoms with van der Waals surface area (Å²) in [6, 6.07) is 3.23. The molecule has 4 aliphatic carbocycles. The molecule has 0 saturated heterocycles. The summed E-state index contributed by atoms with van der Waals surface area (Å²) >= 11 is 0. The molecule has 8 heteroatoms. The molecule has 0 unspecified atom stereocenters. The van der Waals surface area contributed by atoms with Gasteiger partial charge in [-0.2, -0.15) is 0 Å². The van der Waals surface area contributed by atoms with Crippen molar-refractivity contribution in [1.82, 2.24) is 21.3 Å². The highest BCUT2D eigenvalue weighted by molar-refractivity contribution is 6.14. The van der Waals surface area contributed by atoms with Crippen LogP contribution in [-0.2, 0) is 0 Å². The Morgan fingerprint density at radius 2 is 0.548 bits per heavy atom. The first-order chi connectivity index (χ1) is 20.5. The molecule has 0 bridgehead atoms. The minimum absolute atomic E-state index is 0.0503. The van der Waals surface area contributed by atoms with Crippen molar-refractivity contribution in [2.24, 2.45) is 0 Å². The van der Waals surface area contributed by atoms with Crippen molar-refractivity contribution < 1.29 is 19.2 Å². The van der Waals surface area contributed by atoms with E-state index in [0.29, 0.717) is 0 Å². The van der Waals surface area contributed by atoms with Gasteiger partial charge >= 0.3 is 0 Å². The number of hydrogen-bond donors (Lipinski definition) is 4. The Morgan fingerprint density at radius 3 is 0.738 bits per heavy atom. The van der Waals surface area contributed by atoms with E-state index in [2.05, 4.69) is 21.3 Å². The molecule has 4 N–H and O–H groups in total. The van der Waals surface area contributed by atoms with E-state index >= 15 is 0 Å². The molecular formula is C34H50N4O4. The van der Waals surface area contributed by atoms with E-state index in [1.54, 1.807) is 0 Å². The van der Waals surface area contributed by atoms with Crippen LogP contribution in [0.4, 0.5) is 0 Å². The molecule has 0 atom stereocenters. The van der Waals surface area contributed by atoms with Gasteiger partial charge in [0.15, 0.2) is 0 Å². The molecule has 5 rings (SSSR count). The molecule has 1 aromatic rings. The number of rotatable bonds is 8. The maximum Gasteiger partial charge on any atom is 0.252 e. The van der Waals surface area contributed by atoms with Gasteiger partial charge in [0.25, 0.3) is 23.6 Å². The van der Waals surface area contributed by atoms with Crippen LogP contribution in [0.2, 0.25) is 0 Å². The lowest BCUT2D eigenvalue weighted by Crippen LogP contribution is -2.42. The summed E-state index contributed by atoms with van der Waals surface area (Å²) < 4.78 is 0. The number of hydrogen-bond acceptors (Lipinski definition) is 4. The fourth-order valence-electron chi connectivity index (χ4n) is 7.39. The average Bonchev–Trinajstić information content (AvgIpc) is 3.02. The quantitative estimate of drug-likeness (QED) is 0.306. The van der Waals surface area contributed by atoms with Gasteiger partial charge in [0.2, 0.25) is 0 Å². The molecule has 230 valence electrons. The van der Waals surface area contributed by atoms with E-state index < -0.39 is 0 Å². The molecule has 42 heavy (non-hydrogen) atoms. The van der Waals surface area contributed by atoms with Crippen molar-refractivity contribution in [1.29, 1.82) is 0 Å². The van der Waals surface area contributed by atoms with Crippen LogP contribution in [0.5, 0.6) is 0 Å². The second kappa shape index (κ2) is 15.0. The number of benzene rings is 1. The van der Waals surface area contributed by atoms with Crippen LogP contribution >= 0.6 is 0 Å². The molecule has 0 heterocycles. The van der Waals surface area contributed by atoms with E-state index in [9.17, 15) is 19.2 Å². The number of carbonyl (C=O) groups excluding carboxylic acids is 4. The van der Waals surface area contributed by atoms with Gasteiger partial charge in [-0.3, -0.25) is 19.2 Å². The molecule has 4 aliphatic rings. The molecule has 0 spiro atoms. The second-order valence-corrected chi connectivity index (χ2v) is 13.2. The van der Waals surface area contributed by atoms with Crippen LogP contribution < -0.4 is 21.3 Å². The zero-order chi connectivity index (χ0) is 29.3. The SMILES string of the molecule is O=C(NC1CCCCC1)c1cc(C(=O)NC2CCCCC2)c(C(=O)NC2CCCCC2)cc1C(=O)NC1CCCCC1. The Kier molecular flexibility index (Phi) is 10.9. The zero-order valence-corrected chi connectivity index (χ0v) is 25.2. The Labute approximate surface area is 250 Å². The standard InChI is InChI=1S/C34H50N4O4/c39-31(35-23-13-5-1-6-14-23)27-21-29(33(41)37-25-17-9-3-10-18-25)30(34(42)38-26-19-11-4-12-20-26)22-28(27)32(40)36-24-15-7-2-8-16-24/h21-26H,1-20H2,(H,35,39)(H,36,40)(H,37,41)(H,38,42). The first-order valence-electron chi connectivity index (χ1n) is 16.9. The van der Waals surface area contributed by atoms with E-state index in [0.717, 1.165) is 128 Å². The van der Waals surface area contributed by atoms with E-state index in [1.165, 1.54) is 12.1 Å². The van der Waals surface area contributed by atoms with Crippen LogP contribution in [0.3, 0.4) is 0 Å². The summed E-state index contributed by atoms with van der Waals surface area (Å²) in [6.45, 7) is 0. The smallest absolute Gasteiger partial charge is 0.252 e. The fraction of sp³-hybridized carbons (Fsp3) is 0.706. The summed E-state index contributed by atoms with van der Waals surface area (Å²) in [5, 5.41) is 12.6. The highest BCUT2D eigenvalue weighted by Gasteiger charge is 2.30. The lowest BCUT2D eigenvalue weighted by Gasteiger charge is -2.27. The minimum atomic E-state index is -0.346. The lowest BCUT2D eigenvalue weighted by molar-refractivity contribution is 0.0881. The van der Waals surface area contributed by atoms with Crippen molar-refractivity contribution in [2.45, 2.75) is 153 Å². The molecule has 8 nitrogen and oxygen atoms in total. The van der Waals surface area contributed by atoms with Crippen LogP contribution in [0.25, 0.3) is 0 Å². The van der Waals surface area contributed by atoms with Gasteiger partial charge in [-0.1, -0.05) is 77.0 Å². The van der Waals surface area contributed by atoms with Crippen LogP contribution in [-0.4, -0.2) is 47.8 Å². The highest BCUT2D eigenvalue weighted by Crippen LogP contribution is 2.25. The van der Waals surface area contributed by atoms with Crippen molar-refractivity contribution in [3.63, 3.8) is 0 Å². The first-order valence-corrected chi connectivity index (χ1v) is 16.9. The number of amides is 4. The van der Waals surface area contributed by atoms with Gasteiger partial charge in [-0.05, 0) is 63.5 Å². The minimum Gasteiger partial charge on any atom is -0.349 e. The molecule has 0 aliphatic heterocycles. The van der Waals surface area contributed by atoms with Crippen LogP contribution in [0, 0.1) is 0 Å². The van der Waals surface area contributed by atoms with Crippen molar-refractivity contribution in [2.75, 3.05) is 0 Å². The van der Waals surface area contributed by atoms with Crippen molar-refractivity contribution in [3.05, 3.63) is 34.4 Å². The summed E-state index contributed by atoms with van der Waals surface area (Å²) in [5.74, 6) is -1.38. The van der Waals surface area contributed by atoms with Gasteiger partial charge in [-0.25, -0.2) is 0 Å². The molecule has 0 aromatic heterocycles. The Hall–Kier alpha value is -2.90. The van der Waals surface area contributed by atoms with Gasteiger partial charge in [0, 0.05) is 24.2 Å². The maximum atomic E-state index is 13.8. The highest BCUT2D eigenvalue weighted by atomic mass is 16.2. The molecular weight excluding hydrogens is 528 g/mol. The monoisotopic (exact) mass is 578 g/mol. The second-order valence-electron chi connectivity index (χ2n) is 13.2. The summed E-state index contributed by atoms with van der Waals surface area (Å²) in [5.41, 5.74) is 0.711. The third-order valence-corrected chi connectivity index (χ3v) is 9.90. The van der Waals surface area contributed by atoms with Crippen molar-refractivity contribution in [3.8, 4) is 0 Å². The normalized spacial score (nSPS) is 21.3. The first kappa shape index (κ1) is 30.6. The third-order valence-electron chi connectivity index (χ3n) is 9.90. The molecule has 4 fully saturated rings. The van der Waals surface area contributed by atoms with E-state index in [4.69, 9.17) is 0 Å². The van der Waals surface area contributed by atoms with E-state index in [1.807, 2.05) is 0 Å².